The van der Waals surface area contributed by atoms with Gasteiger partial charge in [-0.2, -0.15) is 0 Å². The Kier molecular flexibility index (Phi) is 11.1. The summed E-state index contributed by atoms with van der Waals surface area (Å²) in [5, 5.41) is 10.6. The fourth-order valence-electron chi connectivity index (χ4n) is 6.98. The molecule has 9 heteroatoms. The molecule has 1 spiro atoms. The van der Waals surface area contributed by atoms with E-state index in [0.29, 0.717) is 13.0 Å². The van der Waals surface area contributed by atoms with Crippen LogP contribution < -0.4 is 0 Å². The van der Waals surface area contributed by atoms with E-state index in [1.807, 2.05) is 12.2 Å². The molecule has 1 N–H and O–H groups in total. The number of aliphatic hydroxyl groups is 1. The molecule has 3 fully saturated rings. The SMILES string of the molecule is CCCCCC=CCCC=CC=CC(=O)OCC1(CO)C2CCC3(CO3)C3C(OC(C)=O)OC=C(COC(C)=O)C3C21. The Bertz CT molecular complexity index is 1090. The maximum Gasteiger partial charge on any atom is 0.330 e. The predicted octanol–water partition coefficient (Wildman–Crippen LogP) is 4.95. The Labute approximate surface area is 248 Å². The van der Waals surface area contributed by atoms with Gasteiger partial charge in [0.15, 0.2) is 0 Å². The van der Waals surface area contributed by atoms with Crippen molar-refractivity contribution in [1.82, 2.24) is 0 Å². The molecule has 9 nitrogen and oxygen atoms in total. The van der Waals surface area contributed by atoms with Gasteiger partial charge in [-0.1, -0.05) is 50.1 Å². The van der Waals surface area contributed by atoms with Crippen LogP contribution in [0.4, 0.5) is 0 Å². The zero-order valence-corrected chi connectivity index (χ0v) is 25.1. The first-order valence-corrected chi connectivity index (χ1v) is 15.3. The average Bonchev–Trinajstić information content (AvgIpc) is 3.87. The van der Waals surface area contributed by atoms with E-state index in [4.69, 9.17) is 23.7 Å². The molecular weight excluding hydrogens is 540 g/mol. The summed E-state index contributed by atoms with van der Waals surface area (Å²) in [7, 11) is 0. The molecule has 2 saturated carbocycles. The first kappa shape index (κ1) is 32.0. The van der Waals surface area contributed by atoms with Gasteiger partial charge in [0.2, 0.25) is 6.29 Å². The Morgan fingerprint density at radius 3 is 2.48 bits per heavy atom. The van der Waals surface area contributed by atoms with Gasteiger partial charge >= 0.3 is 17.9 Å². The quantitative estimate of drug-likeness (QED) is 0.0541. The third-order valence-corrected chi connectivity index (χ3v) is 9.20. The van der Waals surface area contributed by atoms with Gasteiger partial charge in [-0.25, -0.2) is 4.79 Å². The van der Waals surface area contributed by atoms with Crippen LogP contribution in [0.1, 0.15) is 72.1 Å². The molecule has 4 rings (SSSR count). The minimum Gasteiger partial charge on any atom is -0.462 e. The highest BCUT2D eigenvalue weighted by atomic mass is 16.7. The molecule has 0 bridgehead atoms. The highest BCUT2D eigenvalue weighted by Crippen LogP contribution is 2.72. The summed E-state index contributed by atoms with van der Waals surface area (Å²) in [5.74, 6) is -1.98. The van der Waals surface area contributed by atoms with E-state index in [1.54, 1.807) is 6.08 Å². The number of unbranched alkanes of at least 4 members (excludes halogenated alkanes) is 4. The highest BCUT2D eigenvalue weighted by Gasteiger charge is 2.75. The number of hydrogen-bond donors (Lipinski definition) is 1. The minimum atomic E-state index is -0.861. The molecule has 1 saturated heterocycles. The molecule has 7 atom stereocenters. The van der Waals surface area contributed by atoms with Gasteiger partial charge in [-0.3, -0.25) is 9.59 Å². The average molecular weight is 587 g/mol. The fraction of sp³-hybridized carbons (Fsp3) is 0.667. The largest absolute Gasteiger partial charge is 0.462 e. The van der Waals surface area contributed by atoms with Crippen molar-refractivity contribution in [2.24, 2.45) is 29.1 Å². The predicted molar refractivity (Wildman–Crippen MR) is 155 cm³/mol. The van der Waals surface area contributed by atoms with Crippen molar-refractivity contribution in [2.75, 3.05) is 26.4 Å². The normalized spacial score (nSPS) is 33.0. The summed E-state index contributed by atoms with van der Waals surface area (Å²) in [4.78, 5) is 36.1. The van der Waals surface area contributed by atoms with E-state index >= 15 is 0 Å². The van der Waals surface area contributed by atoms with Crippen molar-refractivity contribution >= 4 is 17.9 Å². The molecule has 0 aromatic rings. The maximum absolute atomic E-state index is 12.6. The standard InChI is InChI=1S/C33H46O9/c1-4-5-6-7-8-9-10-11-12-13-14-15-27(37)40-21-32(20-34)26-16-17-33(22-41-33)30-28(29(26)32)25(18-38-23(2)35)19-39-31(30)42-24(3)36/h8-9,12-15,19,26,28-31,34H,4-7,10-11,16-18,20-22H2,1-3H3. The second kappa shape index (κ2) is 14.5. The molecule has 2 aliphatic heterocycles. The molecule has 2 heterocycles. The fourth-order valence-corrected chi connectivity index (χ4v) is 6.98. The van der Waals surface area contributed by atoms with Gasteiger partial charge in [0.25, 0.3) is 0 Å². The van der Waals surface area contributed by atoms with E-state index < -0.39 is 35.2 Å². The molecule has 0 aromatic heterocycles. The van der Waals surface area contributed by atoms with E-state index in [-0.39, 0.29) is 43.5 Å². The Balaban J connectivity index is 1.38. The van der Waals surface area contributed by atoms with Crippen LogP contribution in [0, 0.1) is 29.1 Å². The van der Waals surface area contributed by atoms with Crippen molar-refractivity contribution < 1.29 is 43.2 Å². The van der Waals surface area contributed by atoms with Gasteiger partial charge < -0.3 is 28.8 Å². The van der Waals surface area contributed by atoms with Crippen molar-refractivity contribution in [3.63, 3.8) is 0 Å². The molecule has 7 unspecified atom stereocenters. The second-order valence-electron chi connectivity index (χ2n) is 12.0. The van der Waals surface area contributed by atoms with Gasteiger partial charge in [-0.15, -0.1) is 0 Å². The van der Waals surface area contributed by atoms with Crippen LogP contribution in [0.2, 0.25) is 0 Å². The molecule has 42 heavy (non-hydrogen) atoms. The lowest BCUT2D eigenvalue weighted by Gasteiger charge is -2.41. The highest BCUT2D eigenvalue weighted by molar-refractivity contribution is 5.82. The molecule has 4 aliphatic rings. The van der Waals surface area contributed by atoms with Crippen molar-refractivity contribution in [3.05, 3.63) is 48.3 Å². The van der Waals surface area contributed by atoms with Crippen LogP contribution in [0.15, 0.2) is 48.3 Å². The van der Waals surface area contributed by atoms with Crippen molar-refractivity contribution in [1.29, 1.82) is 0 Å². The maximum atomic E-state index is 12.6. The van der Waals surface area contributed by atoms with E-state index in [1.165, 1.54) is 45.4 Å². The number of carbonyl (C=O) groups is 3. The van der Waals surface area contributed by atoms with Crippen LogP contribution in [-0.4, -0.2) is 61.3 Å². The number of carbonyl (C=O) groups excluding carboxylic acids is 3. The van der Waals surface area contributed by atoms with Crippen molar-refractivity contribution in [2.45, 2.75) is 84.0 Å². The summed E-state index contributed by atoms with van der Waals surface area (Å²) in [6, 6.07) is 0. The molecule has 0 radical (unpaired) electrons. The Morgan fingerprint density at radius 1 is 1.02 bits per heavy atom. The van der Waals surface area contributed by atoms with Crippen LogP contribution in [0.5, 0.6) is 0 Å². The number of hydrogen-bond acceptors (Lipinski definition) is 9. The van der Waals surface area contributed by atoms with Crippen LogP contribution in [-0.2, 0) is 38.1 Å². The smallest absolute Gasteiger partial charge is 0.330 e. The summed E-state index contributed by atoms with van der Waals surface area (Å²) >= 11 is 0. The van der Waals surface area contributed by atoms with E-state index in [2.05, 4.69) is 19.1 Å². The van der Waals surface area contributed by atoms with Gasteiger partial charge in [-0.05, 0) is 50.4 Å². The molecule has 2 aliphatic carbocycles. The third-order valence-electron chi connectivity index (χ3n) is 9.20. The van der Waals surface area contributed by atoms with E-state index in [9.17, 15) is 19.5 Å². The van der Waals surface area contributed by atoms with Crippen LogP contribution in [0.25, 0.3) is 0 Å². The van der Waals surface area contributed by atoms with Crippen molar-refractivity contribution in [3.8, 4) is 0 Å². The van der Waals surface area contributed by atoms with Crippen LogP contribution in [0.3, 0.4) is 0 Å². The lowest BCUT2D eigenvalue weighted by molar-refractivity contribution is -0.193. The summed E-state index contributed by atoms with van der Waals surface area (Å²) in [6.07, 6.45) is 20.2. The third kappa shape index (κ3) is 7.53. The first-order chi connectivity index (χ1) is 20.3. The molecule has 0 amide bonds. The minimum absolute atomic E-state index is 0.0214. The monoisotopic (exact) mass is 586 g/mol. The molecule has 232 valence electrons. The number of rotatable bonds is 15. The zero-order chi connectivity index (χ0) is 30.2. The molecule has 0 aromatic carbocycles. The number of aliphatic hydroxyl groups excluding tert-OH is 1. The van der Waals surface area contributed by atoms with Gasteiger partial charge in [0, 0.05) is 36.8 Å². The summed E-state index contributed by atoms with van der Waals surface area (Å²) in [5.41, 5.74) is -0.422. The zero-order valence-electron chi connectivity index (χ0n) is 25.1. The Hall–Kier alpha value is -2.91. The lowest BCUT2D eigenvalue weighted by Crippen LogP contribution is -2.48. The first-order valence-electron chi connectivity index (χ1n) is 15.3. The number of allylic oxidation sites excluding steroid dienone is 5. The van der Waals surface area contributed by atoms with Crippen LogP contribution >= 0.6 is 0 Å². The topological polar surface area (TPSA) is 121 Å². The summed E-state index contributed by atoms with van der Waals surface area (Å²) in [6.45, 7) is 5.31. The number of epoxide rings is 1. The number of ether oxygens (including phenoxy) is 5. The molecular formula is C33H46O9. The Morgan fingerprint density at radius 2 is 1.79 bits per heavy atom. The van der Waals surface area contributed by atoms with Gasteiger partial charge in [0.1, 0.15) is 18.8 Å². The number of fused-ring (bicyclic) bond motifs is 4. The number of esters is 3. The second-order valence-corrected chi connectivity index (χ2v) is 12.0. The van der Waals surface area contributed by atoms with E-state index in [0.717, 1.165) is 31.3 Å². The summed E-state index contributed by atoms with van der Waals surface area (Å²) < 4.78 is 28.4. The van der Waals surface area contributed by atoms with Gasteiger partial charge in [0.05, 0.1) is 25.4 Å². The lowest BCUT2D eigenvalue weighted by atomic mass is 9.71.